The second kappa shape index (κ2) is 9.94. The lowest BCUT2D eigenvalue weighted by Gasteiger charge is -2.40. The van der Waals surface area contributed by atoms with E-state index >= 15 is 0 Å². The zero-order valence-electron chi connectivity index (χ0n) is 15.3. The fourth-order valence-corrected chi connectivity index (χ4v) is 3.35. The first kappa shape index (κ1) is 19.1. The molecule has 0 N–H and O–H groups in total. The van der Waals surface area contributed by atoms with Gasteiger partial charge in [-0.3, -0.25) is 0 Å². The highest BCUT2D eigenvalue weighted by Crippen LogP contribution is 2.38. The highest BCUT2D eigenvalue weighted by atomic mass is 16.5. The van der Waals surface area contributed by atoms with Crippen LogP contribution < -0.4 is 0 Å². The SMILES string of the molecule is COC1CC(C(C)C(C)COCCOCCOC2CN(C)C2)C1. The number of ether oxygens (including phenoxy) is 4. The van der Waals surface area contributed by atoms with Gasteiger partial charge in [-0.15, -0.1) is 0 Å². The molecule has 2 aliphatic rings. The van der Waals surface area contributed by atoms with Gasteiger partial charge in [0.05, 0.1) is 38.6 Å². The van der Waals surface area contributed by atoms with Crippen LogP contribution in [0.5, 0.6) is 0 Å². The van der Waals surface area contributed by atoms with E-state index in [4.69, 9.17) is 18.9 Å². The van der Waals surface area contributed by atoms with E-state index in [0.29, 0.717) is 50.5 Å². The van der Waals surface area contributed by atoms with E-state index in [2.05, 4.69) is 25.8 Å². The van der Waals surface area contributed by atoms with Crippen molar-refractivity contribution in [2.24, 2.45) is 17.8 Å². The van der Waals surface area contributed by atoms with E-state index in [0.717, 1.165) is 25.6 Å². The number of hydrogen-bond acceptors (Lipinski definition) is 5. The molecule has 23 heavy (non-hydrogen) atoms. The Balaban J connectivity index is 1.37. The smallest absolute Gasteiger partial charge is 0.0829 e. The molecular formula is C18H35NO4. The number of likely N-dealkylation sites (N-methyl/N-ethyl adjacent to an activating group) is 1. The molecule has 2 atom stereocenters. The molecule has 1 heterocycles. The lowest BCUT2D eigenvalue weighted by Crippen LogP contribution is -2.49. The summed E-state index contributed by atoms with van der Waals surface area (Å²) in [6, 6.07) is 0. The first-order chi connectivity index (χ1) is 11.1. The van der Waals surface area contributed by atoms with Crippen molar-refractivity contribution in [2.75, 3.05) is 60.3 Å². The van der Waals surface area contributed by atoms with Gasteiger partial charge in [-0.05, 0) is 37.6 Å². The average Bonchev–Trinajstić information content (AvgIpc) is 2.46. The number of methoxy groups -OCH3 is 1. The molecule has 1 aliphatic carbocycles. The molecule has 0 bridgehead atoms. The summed E-state index contributed by atoms with van der Waals surface area (Å²) in [6.45, 7) is 10.2. The highest BCUT2D eigenvalue weighted by molar-refractivity contribution is 4.85. The number of rotatable bonds is 12. The molecule has 0 radical (unpaired) electrons. The van der Waals surface area contributed by atoms with Gasteiger partial charge in [-0.1, -0.05) is 13.8 Å². The Hall–Kier alpha value is -0.200. The summed E-state index contributed by atoms with van der Waals surface area (Å²) in [6.07, 6.45) is 3.32. The van der Waals surface area contributed by atoms with Gasteiger partial charge in [0.25, 0.3) is 0 Å². The van der Waals surface area contributed by atoms with Crippen molar-refractivity contribution in [3.8, 4) is 0 Å². The molecule has 1 aliphatic heterocycles. The van der Waals surface area contributed by atoms with Crippen molar-refractivity contribution in [1.29, 1.82) is 0 Å². The van der Waals surface area contributed by atoms with Gasteiger partial charge in [0.2, 0.25) is 0 Å². The minimum absolute atomic E-state index is 0.409. The molecule has 2 unspecified atom stereocenters. The van der Waals surface area contributed by atoms with Crippen molar-refractivity contribution in [3.05, 3.63) is 0 Å². The van der Waals surface area contributed by atoms with Gasteiger partial charge >= 0.3 is 0 Å². The van der Waals surface area contributed by atoms with Crippen LogP contribution in [0.25, 0.3) is 0 Å². The molecular weight excluding hydrogens is 294 g/mol. The minimum Gasteiger partial charge on any atom is -0.381 e. The van der Waals surface area contributed by atoms with Crippen LogP contribution in [0.2, 0.25) is 0 Å². The molecule has 1 saturated carbocycles. The summed E-state index contributed by atoms with van der Waals surface area (Å²) in [4.78, 5) is 2.25. The molecule has 5 heteroatoms. The molecule has 2 fully saturated rings. The molecule has 0 amide bonds. The monoisotopic (exact) mass is 329 g/mol. The third kappa shape index (κ3) is 6.31. The van der Waals surface area contributed by atoms with E-state index in [1.807, 2.05) is 7.11 Å². The van der Waals surface area contributed by atoms with Crippen molar-refractivity contribution in [2.45, 2.75) is 38.9 Å². The Morgan fingerprint density at radius 1 is 0.957 bits per heavy atom. The number of hydrogen-bond donors (Lipinski definition) is 0. The number of nitrogens with zero attached hydrogens (tertiary/aromatic N) is 1. The van der Waals surface area contributed by atoms with Crippen LogP contribution in [-0.4, -0.2) is 77.4 Å². The molecule has 0 aromatic rings. The maximum atomic E-state index is 5.76. The summed E-state index contributed by atoms with van der Waals surface area (Å²) >= 11 is 0. The quantitative estimate of drug-likeness (QED) is 0.513. The topological polar surface area (TPSA) is 40.2 Å². The predicted molar refractivity (Wildman–Crippen MR) is 90.7 cm³/mol. The molecule has 0 spiro atoms. The molecule has 2 rings (SSSR count). The Bertz CT molecular complexity index is 316. The normalized spacial score (nSPS) is 28.2. The van der Waals surface area contributed by atoms with Crippen molar-refractivity contribution >= 4 is 0 Å². The molecule has 0 aromatic heterocycles. The van der Waals surface area contributed by atoms with E-state index in [1.165, 1.54) is 12.8 Å². The first-order valence-electron chi connectivity index (χ1n) is 9.08. The van der Waals surface area contributed by atoms with Crippen LogP contribution in [0.1, 0.15) is 26.7 Å². The standard InChI is InChI=1S/C18H35NO4/c1-14(15(2)16-9-17(10-16)20-4)13-22-6-5-21-7-8-23-18-11-19(3)12-18/h14-18H,5-13H2,1-4H3. The Morgan fingerprint density at radius 2 is 1.61 bits per heavy atom. The second-order valence-corrected chi connectivity index (χ2v) is 7.33. The molecule has 5 nitrogen and oxygen atoms in total. The third-order valence-electron chi connectivity index (χ3n) is 5.47. The largest absolute Gasteiger partial charge is 0.381 e. The Labute approximate surface area is 141 Å². The van der Waals surface area contributed by atoms with Crippen LogP contribution in [0, 0.1) is 17.8 Å². The maximum Gasteiger partial charge on any atom is 0.0829 e. The Morgan fingerprint density at radius 3 is 2.26 bits per heavy atom. The van der Waals surface area contributed by atoms with Crippen LogP contribution in [0.3, 0.4) is 0 Å². The summed E-state index contributed by atoms with van der Waals surface area (Å²) < 4.78 is 22.3. The summed E-state index contributed by atoms with van der Waals surface area (Å²) in [7, 11) is 3.92. The zero-order valence-corrected chi connectivity index (χ0v) is 15.3. The summed E-state index contributed by atoms with van der Waals surface area (Å²) in [5, 5.41) is 0. The van der Waals surface area contributed by atoms with E-state index in [-0.39, 0.29) is 0 Å². The predicted octanol–water partition coefficient (Wildman–Crippen LogP) is 2.05. The highest BCUT2D eigenvalue weighted by Gasteiger charge is 2.35. The second-order valence-electron chi connectivity index (χ2n) is 7.33. The summed E-state index contributed by atoms with van der Waals surface area (Å²) in [5.74, 6) is 2.10. The third-order valence-corrected chi connectivity index (χ3v) is 5.47. The number of likely N-dealkylation sites (tertiary alicyclic amines) is 1. The van der Waals surface area contributed by atoms with Gasteiger partial charge in [-0.25, -0.2) is 0 Å². The van der Waals surface area contributed by atoms with E-state index < -0.39 is 0 Å². The lowest BCUT2D eigenvalue weighted by atomic mass is 9.70. The van der Waals surface area contributed by atoms with Crippen LogP contribution in [0.4, 0.5) is 0 Å². The van der Waals surface area contributed by atoms with E-state index in [1.54, 1.807) is 0 Å². The van der Waals surface area contributed by atoms with Crippen molar-refractivity contribution < 1.29 is 18.9 Å². The first-order valence-corrected chi connectivity index (χ1v) is 9.08. The van der Waals surface area contributed by atoms with Crippen LogP contribution in [0.15, 0.2) is 0 Å². The van der Waals surface area contributed by atoms with Crippen LogP contribution >= 0.6 is 0 Å². The van der Waals surface area contributed by atoms with Crippen LogP contribution in [-0.2, 0) is 18.9 Å². The van der Waals surface area contributed by atoms with Gasteiger partial charge in [0, 0.05) is 26.8 Å². The van der Waals surface area contributed by atoms with Gasteiger partial charge < -0.3 is 23.8 Å². The minimum atomic E-state index is 0.409. The van der Waals surface area contributed by atoms with Gasteiger partial charge in [-0.2, -0.15) is 0 Å². The van der Waals surface area contributed by atoms with Crippen molar-refractivity contribution in [1.82, 2.24) is 4.90 Å². The molecule has 136 valence electrons. The molecule has 1 saturated heterocycles. The maximum absolute atomic E-state index is 5.76. The zero-order chi connectivity index (χ0) is 16.7. The van der Waals surface area contributed by atoms with Crippen molar-refractivity contribution in [3.63, 3.8) is 0 Å². The Kier molecular flexibility index (Phi) is 8.27. The fraction of sp³-hybridized carbons (Fsp3) is 1.00. The fourth-order valence-electron chi connectivity index (χ4n) is 3.35. The molecule has 0 aromatic carbocycles. The average molecular weight is 329 g/mol. The van der Waals surface area contributed by atoms with Gasteiger partial charge in [0.15, 0.2) is 0 Å². The van der Waals surface area contributed by atoms with Gasteiger partial charge in [0.1, 0.15) is 0 Å². The lowest BCUT2D eigenvalue weighted by molar-refractivity contribution is -0.0678. The summed E-state index contributed by atoms with van der Waals surface area (Å²) in [5.41, 5.74) is 0. The van der Waals surface area contributed by atoms with E-state index in [9.17, 15) is 0 Å².